The molecule has 0 unspecified atom stereocenters. The first-order valence-electron chi connectivity index (χ1n) is 6.75. The van der Waals surface area contributed by atoms with Gasteiger partial charge in [0.2, 0.25) is 5.91 Å². The summed E-state index contributed by atoms with van der Waals surface area (Å²) in [5.41, 5.74) is -3.64. The quantitative estimate of drug-likeness (QED) is 0.658. The van der Waals surface area contributed by atoms with Gasteiger partial charge in [-0.3, -0.25) is 9.48 Å². The number of benzene rings is 1. The number of rotatable bonds is 4. The lowest BCUT2D eigenvalue weighted by atomic mass is 10.1. The summed E-state index contributed by atoms with van der Waals surface area (Å²) in [5, 5.41) is 5.38. The van der Waals surface area contributed by atoms with Crippen LogP contribution in [-0.4, -0.2) is 15.7 Å². The Labute approximate surface area is 136 Å². The van der Waals surface area contributed by atoms with E-state index in [1.165, 1.54) is 10.9 Å². The highest BCUT2D eigenvalue weighted by atomic mass is 19.4. The van der Waals surface area contributed by atoms with Crippen molar-refractivity contribution in [2.45, 2.75) is 26.1 Å². The summed E-state index contributed by atoms with van der Waals surface area (Å²) in [4.78, 5) is 11.7. The Morgan fingerprint density at radius 1 is 1.12 bits per heavy atom. The van der Waals surface area contributed by atoms with Gasteiger partial charge in [-0.1, -0.05) is 0 Å². The van der Waals surface area contributed by atoms with E-state index in [2.05, 4.69) is 5.10 Å². The Morgan fingerprint density at radius 3 is 2.12 bits per heavy atom. The highest BCUT2D eigenvalue weighted by molar-refractivity contribution is 5.91. The van der Waals surface area contributed by atoms with Crippen LogP contribution in [0.2, 0.25) is 0 Å². The van der Waals surface area contributed by atoms with Crippen molar-refractivity contribution in [3.63, 3.8) is 0 Å². The molecule has 0 aliphatic heterocycles. The van der Waals surface area contributed by atoms with Crippen molar-refractivity contribution in [2.24, 2.45) is 0 Å². The average Bonchev–Trinajstić information content (AvgIpc) is 2.91. The number of carbonyl (C=O) groups excluding carboxylic acids is 1. The summed E-state index contributed by atoms with van der Waals surface area (Å²) >= 11 is 0. The van der Waals surface area contributed by atoms with E-state index in [9.17, 15) is 35.5 Å². The zero-order valence-electron chi connectivity index (χ0n) is 12.5. The predicted octanol–water partition coefficient (Wildman–Crippen LogP) is 3.80. The van der Waals surface area contributed by atoms with E-state index in [4.69, 9.17) is 0 Å². The minimum Gasteiger partial charge on any atom is -0.321 e. The van der Waals surface area contributed by atoms with Crippen LogP contribution in [0.5, 0.6) is 0 Å². The second kappa shape index (κ2) is 6.73. The molecule has 25 heavy (non-hydrogen) atoms. The Morgan fingerprint density at radius 2 is 1.68 bits per heavy atom. The minimum absolute atomic E-state index is 0.0144. The molecule has 2 rings (SSSR count). The molecule has 1 heterocycles. The van der Waals surface area contributed by atoms with E-state index in [-0.39, 0.29) is 13.0 Å². The number of hydrogen-bond acceptors (Lipinski definition) is 2. The molecule has 0 spiro atoms. The number of alkyl halides is 3. The number of amides is 1. The van der Waals surface area contributed by atoms with Gasteiger partial charge in [0.05, 0.1) is 0 Å². The molecular formula is C14H10F7N3O. The lowest BCUT2D eigenvalue weighted by molar-refractivity contribution is -0.143. The molecule has 0 fully saturated rings. The molecule has 136 valence electrons. The molecule has 1 aromatic carbocycles. The summed E-state index contributed by atoms with van der Waals surface area (Å²) in [7, 11) is 0. The van der Waals surface area contributed by atoms with Gasteiger partial charge in [0.25, 0.3) is 0 Å². The van der Waals surface area contributed by atoms with Crippen LogP contribution < -0.4 is 5.32 Å². The largest absolute Gasteiger partial charge is 0.422 e. The van der Waals surface area contributed by atoms with Gasteiger partial charge in [-0.15, -0.1) is 0 Å². The maximum absolute atomic E-state index is 13.7. The second-order valence-corrected chi connectivity index (χ2v) is 5.00. The maximum Gasteiger partial charge on any atom is 0.422 e. The summed E-state index contributed by atoms with van der Waals surface area (Å²) in [6.45, 7) is 1.66. The summed E-state index contributed by atoms with van der Waals surface area (Å²) in [5.74, 6) is -11.0. The fourth-order valence-corrected chi connectivity index (χ4v) is 2.03. The minimum atomic E-state index is -5.64. The van der Waals surface area contributed by atoms with Crippen molar-refractivity contribution in [3.05, 3.63) is 46.8 Å². The van der Waals surface area contributed by atoms with Gasteiger partial charge < -0.3 is 5.32 Å². The van der Waals surface area contributed by atoms with E-state index in [0.29, 0.717) is 5.69 Å². The maximum atomic E-state index is 13.7. The van der Waals surface area contributed by atoms with E-state index in [1.54, 1.807) is 18.3 Å². The van der Waals surface area contributed by atoms with Gasteiger partial charge in [-0.2, -0.15) is 18.3 Å². The predicted molar refractivity (Wildman–Crippen MR) is 71.5 cm³/mol. The number of nitrogens with zero attached hydrogens (tertiary/aromatic N) is 2. The summed E-state index contributed by atoms with van der Waals surface area (Å²) in [6, 6.07) is 1.62. The van der Waals surface area contributed by atoms with Gasteiger partial charge in [0.15, 0.2) is 23.3 Å². The molecule has 0 bridgehead atoms. The monoisotopic (exact) mass is 369 g/mol. The van der Waals surface area contributed by atoms with E-state index in [1.807, 2.05) is 0 Å². The van der Waals surface area contributed by atoms with Crippen LogP contribution in [0.3, 0.4) is 0 Å². The van der Waals surface area contributed by atoms with Crippen LogP contribution in [0.15, 0.2) is 12.3 Å². The zero-order valence-corrected chi connectivity index (χ0v) is 12.5. The van der Waals surface area contributed by atoms with Crippen LogP contribution in [0.4, 0.5) is 36.4 Å². The molecule has 0 saturated heterocycles. The van der Waals surface area contributed by atoms with Crippen LogP contribution in [0.1, 0.15) is 17.7 Å². The van der Waals surface area contributed by atoms with Crippen molar-refractivity contribution in [3.8, 4) is 0 Å². The highest BCUT2D eigenvalue weighted by Gasteiger charge is 2.42. The van der Waals surface area contributed by atoms with Crippen LogP contribution in [-0.2, 0) is 17.5 Å². The normalized spacial score (nSPS) is 11.7. The first-order valence-corrected chi connectivity index (χ1v) is 6.75. The number of halogens is 7. The van der Waals surface area contributed by atoms with Crippen LogP contribution in [0.25, 0.3) is 0 Å². The van der Waals surface area contributed by atoms with Crippen LogP contribution >= 0.6 is 0 Å². The molecule has 0 atom stereocenters. The SMILES string of the molecule is Cc1ccnn1CCC(=O)Nc1c(F)c(F)c(C(F)(F)F)c(F)c1F. The van der Waals surface area contributed by atoms with Crippen molar-refractivity contribution in [2.75, 3.05) is 5.32 Å². The van der Waals surface area contributed by atoms with E-state index >= 15 is 0 Å². The smallest absolute Gasteiger partial charge is 0.321 e. The first kappa shape index (κ1) is 18.7. The molecule has 1 N–H and O–H groups in total. The number of aryl methyl sites for hydroxylation is 2. The highest BCUT2D eigenvalue weighted by Crippen LogP contribution is 2.38. The van der Waals surface area contributed by atoms with Gasteiger partial charge in [0.1, 0.15) is 11.3 Å². The zero-order chi connectivity index (χ0) is 18.9. The van der Waals surface area contributed by atoms with Gasteiger partial charge in [-0.25, -0.2) is 17.6 Å². The summed E-state index contributed by atoms with van der Waals surface area (Å²) < 4.78 is 93.0. The third kappa shape index (κ3) is 3.74. The van der Waals surface area contributed by atoms with E-state index in [0.717, 1.165) is 0 Å². The Balaban J connectivity index is 2.25. The van der Waals surface area contributed by atoms with Crippen molar-refractivity contribution < 1.29 is 35.5 Å². The lowest BCUT2D eigenvalue weighted by Gasteiger charge is -2.14. The molecule has 1 amide bonds. The number of nitrogens with one attached hydrogen (secondary N) is 1. The molecule has 0 saturated carbocycles. The van der Waals surface area contributed by atoms with Crippen molar-refractivity contribution >= 4 is 11.6 Å². The molecule has 2 aromatic rings. The molecular weight excluding hydrogens is 359 g/mol. The molecule has 4 nitrogen and oxygen atoms in total. The molecule has 0 aliphatic carbocycles. The molecule has 0 radical (unpaired) electrons. The standard InChI is InChI=1S/C14H10F7N3O/c1-6-2-4-22-24(6)5-3-7(25)23-13-11(17)9(15)8(14(19,20)21)10(16)12(13)18/h2,4H,3,5H2,1H3,(H,23,25). The fourth-order valence-electron chi connectivity index (χ4n) is 2.03. The number of hydrogen-bond donors (Lipinski definition) is 1. The van der Waals surface area contributed by atoms with Crippen LogP contribution in [0, 0.1) is 30.2 Å². The average molecular weight is 369 g/mol. The summed E-state index contributed by atoms with van der Waals surface area (Å²) in [6.07, 6.45) is -4.59. The lowest BCUT2D eigenvalue weighted by Crippen LogP contribution is -2.21. The molecule has 11 heteroatoms. The number of anilines is 1. The number of aromatic nitrogens is 2. The topological polar surface area (TPSA) is 46.9 Å². The van der Waals surface area contributed by atoms with Gasteiger partial charge in [0, 0.05) is 24.9 Å². The third-order valence-corrected chi connectivity index (χ3v) is 3.29. The Kier molecular flexibility index (Phi) is 5.04. The molecule has 0 aliphatic rings. The van der Waals surface area contributed by atoms with Crippen molar-refractivity contribution in [1.82, 2.24) is 9.78 Å². The van der Waals surface area contributed by atoms with Crippen molar-refractivity contribution in [1.29, 1.82) is 0 Å². The first-order chi connectivity index (χ1) is 11.5. The fraction of sp³-hybridized carbons (Fsp3) is 0.286. The molecule has 1 aromatic heterocycles. The van der Waals surface area contributed by atoms with Gasteiger partial charge >= 0.3 is 6.18 Å². The Bertz CT molecular complexity index is 784. The van der Waals surface area contributed by atoms with Gasteiger partial charge in [-0.05, 0) is 13.0 Å². The Hall–Kier alpha value is -2.59. The van der Waals surface area contributed by atoms with E-state index < -0.39 is 46.6 Å². The second-order valence-electron chi connectivity index (χ2n) is 5.00. The number of carbonyl (C=O) groups is 1. The third-order valence-electron chi connectivity index (χ3n) is 3.29.